The molecule has 0 radical (unpaired) electrons. The van der Waals surface area contributed by atoms with Crippen molar-refractivity contribution in [3.63, 3.8) is 0 Å². The first-order valence-electron chi connectivity index (χ1n) is 7.75. The number of carboxylic acid groups (broad SMARTS) is 1. The molecule has 3 heteroatoms. The van der Waals surface area contributed by atoms with E-state index >= 15 is 0 Å². The van der Waals surface area contributed by atoms with E-state index in [0.29, 0.717) is 12.4 Å². The number of ether oxygens (including phenoxy) is 1. The van der Waals surface area contributed by atoms with Gasteiger partial charge in [-0.15, -0.1) is 0 Å². The molecule has 0 saturated heterocycles. The van der Waals surface area contributed by atoms with Crippen molar-refractivity contribution in [1.82, 2.24) is 0 Å². The van der Waals surface area contributed by atoms with Crippen LogP contribution in [0.3, 0.4) is 0 Å². The van der Waals surface area contributed by atoms with E-state index in [0.717, 1.165) is 22.3 Å². The highest BCUT2D eigenvalue weighted by Crippen LogP contribution is 2.29. The fraction of sp³-hybridized carbons (Fsp3) is 0.0952. The van der Waals surface area contributed by atoms with Crippen molar-refractivity contribution in [2.75, 3.05) is 0 Å². The molecule has 0 aromatic heterocycles. The van der Waals surface area contributed by atoms with E-state index in [1.807, 2.05) is 67.6 Å². The van der Waals surface area contributed by atoms with Crippen molar-refractivity contribution in [2.45, 2.75) is 13.5 Å². The van der Waals surface area contributed by atoms with E-state index in [4.69, 9.17) is 4.74 Å². The van der Waals surface area contributed by atoms with Crippen molar-refractivity contribution in [1.29, 1.82) is 0 Å². The van der Waals surface area contributed by atoms with Gasteiger partial charge in [-0.3, -0.25) is 0 Å². The number of aryl methyl sites for hydroxylation is 1. The predicted molar refractivity (Wildman–Crippen MR) is 94.3 cm³/mol. The zero-order chi connectivity index (χ0) is 16.9. The molecule has 1 N–H and O–H groups in total. The van der Waals surface area contributed by atoms with E-state index in [1.165, 1.54) is 0 Å². The van der Waals surface area contributed by atoms with Gasteiger partial charge in [0.1, 0.15) is 17.9 Å². The number of hydrogen-bond acceptors (Lipinski definition) is 2. The first kappa shape index (κ1) is 15.8. The van der Waals surface area contributed by atoms with Gasteiger partial charge in [-0.1, -0.05) is 60.7 Å². The second-order valence-electron chi connectivity index (χ2n) is 5.61. The SMILES string of the molecule is Cc1ccccc1-c1ccc(OCc2ccccc2)c(C(=O)O)c1. The smallest absolute Gasteiger partial charge is 0.339 e. The van der Waals surface area contributed by atoms with Crippen LogP contribution in [0.5, 0.6) is 5.75 Å². The number of aromatic carboxylic acids is 1. The van der Waals surface area contributed by atoms with E-state index in [1.54, 1.807) is 12.1 Å². The second-order valence-corrected chi connectivity index (χ2v) is 5.61. The minimum Gasteiger partial charge on any atom is -0.488 e. The Morgan fingerprint density at radius 3 is 2.38 bits per heavy atom. The van der Waals surface area contributed by atoms with E-state index in [-0.39, 0.29) is 5.56 Å². The van der Waals surface area contributed by atoms with Crippen LogP contribution in [-0.4, -0.2) is 11.1 Å². The van der Waals surface area contributed by atoms with Gasteiger partial charge in [-0.05, 0) is 41.3 Å². The van der Waals surface area contributed by atoms with Gasteiger partial charge in [0.15, 0.2) is 0 Å². The number of benzene rings is 3. The molecule has 0 aliphatic heterocycles. The van der Waals surface area contributed by atoms with Crippen LogP contribution < -0.4 is 4.74 Å². The lowest BCUT2D eigenvalue weighted by Crippen LogP contribution is -2.04. The maximum absolute atomic E-state index is 11.6. The highest BCUT2D eigenvalue weighted by atomic mass is 16.5. The summed E-state index contributed by atoms with van der Waals surface area (Å²) in [6.07, 6.45) is 0. The summed E-state index contributed by atoms with van der Waals surface area (Å²) in [6.45, 7) is 2.35. The molecule has 3 aromatic carbocycles. The third-order valence-electron chi connectivity index (χ3n) is 3.90. The van der Waals surface area contributed by atoms with E-state index in [9.17, 15) is 9.90 Å². The van der Waals surface area contributed by atoms with Gasteiger partial charge >= 0.3 is 5.97 Å². The number of rotatable bonds is 5. The zero-order valence-corrected chi connectivity index (χ0v) is 13.4. The minimum atomic E-state index is -0.992. The van der Waals surface area contributed by atoms with Gasteiger partial charge in [0.25, 0.3) is 0 Å². The molecule has 120 valence electrons. The fourth-order valence-electron chi connectivity index (χ4n) is 2.62. The maximum Gasteiger partial charge on any atom is 0.339 e. The predicted octanol–water partition coefficient (Wildman–Crippen LogP) is 4.94. The molecule has 0 atom stereocenters. The maximum atomic E-state index is 11.6. The monoisotopic (exact) mass is 318 g/mol. The number of hydrogen-bond donors (Lipinski definition) is 1. The molecular weight excluding hydrogens is 300 g/mol. The Kier molecular flexibility index (Phi) is 4.62. The average molecular weight is 318 g/mol. The van der Waals surface area contributed by atoms with Gasteiger partial charge in [0.05, 0.1) is 0 Å². The lowest BCUT2D eigenvalue weighted by Gasteiger charge is -2.12. The van der Waals surface area contributed by atoms with Crippen molar-refractivity contribution in [3.05, 3.63) is 89.5 Å². The van der Waals surface area contributed by atoms with Crippen LogP contribution in [0, 0.1) is 6.92 Å². The molecule has 0 saturated carbocycles. The van der Waals surface area contributed by atoms with Crippen LogP contribution in [0.2, 0.25) is 0 Å². The van der Waals surface area contributed by atoms with Crippen molar-refractivity contribution >= 4 is 5.97 Å². The van der Waals surface area contributed by atoms with E-state index < -0.39 is 5.97 Å². The fourth-order valence-corrected chi connectivity index (χ4v) is 2.62. The first-order valence-corrected chi connectivity index (χ1v) is 7.75. The lowest BCUT2D eigenvalue weighted by molar-refractivity contribution is 0.0692. The summed E-state index contributed by atoms with van der Waals surface area (Å²) in [5, 5.41) is 9.52. The third kappa shape index (κ3) is 3.46. The highest BCUT2D eigenvalue weighted by Gasteiger charge is 2.14. The summed E-state index contributed by atoms with van der Waals surface area (Å²) >= 11 is 0. The Labute approximate surface area is 141 Å². The normalized spacial score (nSPS) is 10.4. The highest BCUT2D eigenvalue weighted by molar-refractivity contribution is 5.92. The molecule has 3 rings (SSSR count). The van der Waals surface area contributed by atoms with Gasteiger partial charge in [0, 0.05) is 0 Å². The molecule has 0 spiro atoms. The van der Waals surface area contributed by atoms with Gasteiger partial charge < -0.3 is 9.84 Å². The van der Waals surface area contributed by atoms with Gasteiger partial charge in [0.2, 0.25) is 0 Å². The molecule has 0 heterocycles. The van der Waals surface area contributed by atoms with Crippen LogP contribution in [0.1, 0.15) is 21.5 Å². The minimum absolute atomic E-state index is 0.173. The molecule has 0 aliphatic rings. The summed E-state index contributed by atoms with van der Waals surface area (Å²) in [6, 6.07) is 22.9. The Hall–Kier alpha value is -3.07. The summed E-state index contributed by atoms with van der Waals surface area (Å²) < 4.78 is 5.72. The third-order valence-corrected chi connectivity index (χ3v) is 3.90. The largest absolute Gasteiger partial charge is 0.488 e. The molecule has 24 heavy (non-hydrogen) atoms. The van der Waals surface area contributed by atoms with Gasteiger partial charge in [-0.25, -0.2) is 4.79 Å². The van der Waals surface area contributed by atoms with Crippen LogP contribution >= 0.6 is 0 Å². The van der Waals surface area contributed by atoms with Gasteiger partial charge in [-0.2, -0.15) is 0 Å². The van der Waals surface area contributed by atoms with Crippen LogP contribution in [-0.2, 0) is 6.61 Å². The Morgan fingerprint density at radius 1 is 0.958 bits per heavy atom. The summed E-state index contributed by atoms with van der Waals surface area (Å²) in [5.74, 6) is -0.614. The van der Waals surface area contributed by atoms with Crippen LogP contribution in [0.25, 0.3) is 11.1 Å². The summed E-state index contributed by atoms with van der Waals surface area (Å²) in [4.78, 5) is 11.6. The molecule has 0 amide bonds. The molecule has 3 aromatic rings. The molecule has 0 bridgehead atoms. The average Bonchev–Trinajstić information content (AvgIpc) is 2.61. The summed E-state index contributed by atoms with van der Waals surface area (Å²) in [7, 11) is 0. The van der Waals surface area contributed by atoms with Crippen LogP contribution in [0.4, 0.5) is 0 Å². The molecule has 0 unspecified atom stereocenters. The standard InChI is InChI=1S/C21H18O3/c1-15-7-5-6-10-18(15)17-11-12-20(19(13-17)21(22)23)24-14-16-8-3-2-4-9-16/h2-13H,14H2,1H3,(H,22,23). The molecule has 0 fully saturated rings. The zero-order valence-electron chi connectivity index (χ0n) is 13.4. The first-order chi connectivity index (χ1) is 11.6. The Bertz CT molecular complexity index is 854. The Morgan fingerprint density at radius 2 is 1.67 bits per heavy atom. The Balaban J connectivity index is 1.91. The summed E-state index contributed by atoms with van der Waals surface area (Å²) in [5.41, 5.74) is 4.17. The number of carboxylic acids is 1. The topological polar surface area (TPSA) is 46.5 Å². The molecular formula is C21H18O3. The number of carbonyl (C=O) groups is 1. The quantitative estimate of drug-likeness (QED) is 0.725. The lowest BCUT2D eigenvalue weighted by atomic mass is 9.98. The van der Waals surface area contributed by atoms with Crippen molar-refractivity contribution in [3.8, 4) is 16.9 Å². The molecule has 3 nitrogen and oxygen atoms in total. The van der Waals surface area contributed by atoms with Crippen molar-refractivity contribution < 1.29 is 14.6 Å². The molecule has 0 aliphatic carbocycles. The van der Waals surface area contributed by atoms with E-state index in [2.05, 4.69) is 0 Å². The van der Waals surface area contributed by atoms with Crippen LogP contribution in [0.15, 0.2) is 72.8 Å². The second kappa shape index (κ2) is 7.01. The van der Waals surface area contributed by atoms with Crippen molar-refractivity contribution in [2.24, 2.45) is 0 Å².